The molecule has 1 amide bonds. The highest BCUT2D eigenvalue weighted by Crippen LogP contribution is 2.46. The van der Waals surface area contributed by atoms with Gasteiger partial charge in [0.2, 0.25) is 10.6 Å². The number of thiazole rings is 1. The number of halogens is 1. The monoisotopic (exact) mass is 460 g/mol. The molecule has 8 nitrogen and oxygen atoms in total. The van der Waals surface area contributed by atoms with Crippen LogP contribution in [-0.2, 0) is 10.4 Å². The van der Waals surface area contributed by atoms with Crippen molar-refractivity contribution >= 4 is 23.2 Å². The zero-order chi connectivity index (χ0) is 23.4. The van der Waals surface area contributed by atoms with E-state index in [4.69, 9.17) is 4.74 Å². The Labute approximate surface area is 187 Å². The van der Waals surface area contributed by atoms with Crippen molar-refractivity contribution in [3.8, 4) is 28.8 Å². The molecule has 1 unspecified atom stereocenters. The Balaban J connectivity index is 1.87. The molecule has 0 saturated carbocycles. The summed E-state index contributed by atoms with van der Waals surface area (Å²) in [5.74, 6) is 2.20. The molecule has 1 aromatic carbocycles. The van der Waals surface area contributed by atoms with Crippen molar-refractivity contribution in [3.05, 3.63) is 33.4 Å². The van der Waals surface area contributed by atoms with Crippen molar-refractivity contribution in [3.63, 3.8) is 0 Å². The largest absolute Gasteiger partial charge is 0.489 e. The van der Waals surface area contributed by atoms with E-state index in [0.717, 1.165) is 17.4 Å². The van der Waals surface area contributed by atoms with Crippen LogP contribution in [0.5, 0.6) is 5.75 Å². The second-order valence-electron chi connectivity index (χ2n) is 8.28. The van der Waals surface area contributed by atoms with Crippen LogP contribution in [0.4, 0.5) is 4.39 Å². The fraction of sp³-hybridized carbons (Fsp3) is 0.409. The second kappa shape index (κ2) is 7.55. The average molecular weight is 460 g/mol. The highest BCUT2D eigenvalue weighted by molar-refractivity contribution is 7.14. The number of likely N-dealkylation sites (tertiary alicyclic amines) is 1. The Bertz CT molecular complexity index is 1200. The van der Waals surface area contributed by atoms with Gasteiger partial charge in [-0.25, -0.2) is 14.2 Å². The Morgan fingerprint density at radius 3 is 2.69 bits per heavy atom. The van der Waals surface area contributed by atoms with Crippen LogP contribution in [0.3, 0.4) is 0 Å². The van der Waals surface area contributed by atoms with Crippen LogP contribution < -0.4 is 4.74 Å². The van der Waals surface area contributed by atoms with Crippen molar-refractivity contribution in [2.24, 2.45) is 5.92 Å². The number of aromatic carboxylic acids is 1. The van der Waals surface area contributed by atoms with Crippen LogP contribution in [0.15, 0.2) is 12.1 Å². The predicted molar refractivity (Wildman–Crippen MR) is 113 cm³/mol. The SMILES string of the molecule is CC(C)C1(O)COc2cc(F)c(C#C[C@]3(O)CCN(C)C3=O)cc2-c2nc(C(=O)O)sc21. The quantitative estimate of drug-likeness (QED) is 0.585. The van der Waals surface area contributed by atoms with Gasteiger partial charge < -0.3 is 25.0 Å². The first-order valence-corrected chi connectivity index (χ1v) is 10.7. The minimum absolute atomic E-state index is 0.0866. The van der Waals surface area contributed by atoms with Gasteiger partial charge in [-0.05, 0) is 12.0 Å². The van der Waals surface area contributed by atoms with E-state index >= 15 is 0 Å². The molecule has 1 saturated heterocycles. The lowest BCUT2D eigenvalue weighted by molar-refractivity contribution is -0.137. The molecule has 4 rings (SSSR count). The number of likely N-dealkylation sites (N-methyl/N-ethyl adjacent to an activating group) is 1. The normalized spacial score (nSPS) is 24.3. The Kier molecular flexibility index (Phi) is 5.24. The molecule has 32 heavy (non-hydrogen) atoms. The number of ether oxygens (including phenoxy) is 1. The van der Waals surface area contributed by atoms with Crippen molar-refractivity contribution in [2.75, 3.05) is 20.2 Å². The van der Waals surface area contributed by atoms with Gasteiger partial charge in [0.1, 0.15) is 23.8 Å². The number of rotatable bonds is 2. The summed E-state index contributed by atoms with van der Waals surface area (Å²) in [4.78, 5) is 29.5. The molecule has 3 N–H and O–H groups in total. The number of carbonyl (C=O) groups is 2. The van der Waals surface area contributed by atoms with Gasteiger partial charge in [-0.3, -0.25) is 4.79 Å². The molecule has 2 aromatic rings. The fourth-order valence-electron chi connectivity index (χ4n) is 3.67. The Morgan fingerprint density at radius 1 is 1.38 bits per heavy atom. The third-order valence-corrected chi connectivity index (χ3v) is 7.05. The number of carbonyl (C=O) groups excluding carboxylic acids is 1. The lowest BCUT2D eigenvalue weighted by Gasteiger charge is -2.29. The lowest BCUT2D eigenvalue weighted by Crippen LogP contribution is -2.37. The van der Waals surface area contributed by atoms with Crippen molar-refractivity contribution in [2.45, 2.75) is 31.5 Å². The van der Waals surface area contributed by atoms with Gasteiger partial charge in [-0.1, -0.05) is 25.7 Å². The first-order valence-electron chi connectivity index (χ1n) is 9.91. The van der Waals surface area contributed by atoms with E-state index in [-0.39, 0.29) is 46.5 Å². The molecular formula is C22H21FN2O6S. The van der Waals surface area contributed by atoms with Gasteiger partial charge in [-0.2, -0.15) is 0 Å². The van der Waals surface area contributed by atoms with Crippen LogP contribution in [0.2, 0.25) is 0 Å². The van der Waals surface area contributed by atoms with E-state index in [1.165, 1.54) is 11.0 Å². The molecule has 1 fully saturated rings. The molecule has 3 heterocycles. The summed E-state index contributed by atoms with van der Waals surface area (Å²) >= 11 is 0.839. The molecule has 0 spiro atoms. The van der Waals surface area contributed by atoms with Gasteiger partial charge in [0.05, 0.1) is 16.1 Å². The molecule has 2 atom stereocenters. The molecule has 0 bridgehead atoms. The predicted octanol–water partition coefficient (Wildman–Crippen LogP) is 1.83. The van der Waals surface area contributed by atoms with Gasteiger partial charge in [0.15, 0.2) is 0 Å². The smallest absolute Gasteiger partial charge is 0.365 e. The van der Waals surface area contributed by atoms with Crippen LogP contribution in [0.25, 0.3) is 11.3 Å². The number of amides is 1. The third-order valence-electron chi connectivity index (χ3n) is 5.84. The number of hydrogen-bond acceptors (Lipinski definition) is 7. The van der Waals surface area contributed by atoms with Crippen LogP contribution in [0.1, 0.15) is 40.5 Å². The summed E-state index contributed by atoms with van der Waals surface area (Å²) in [7, 11) is 1.54. The van der Waals surface area contributed by atoms with E-state index in [2.05, 4.69) is 16.8 Å². The summed E-state index contributed by atoms with van der Waals surface area (Å²) in [5.41, 5.74) is -3.10. The van der Waals surface area contributed by atoms with E-state index < -0.39 is 28.9 Å². The summed E-state index contributed by atoms with van der Waals surface area (Å²) in [5, 5.41) is 31.0. The van der Waals surface area contributed by atoms with Gasteiger partial charge in [0.25, 0.3) is 5.91 Å². The first-order chi connectivity index (χ1) is 15.0. The number of carboxylic acids is 1. The zero-order valence-electron chi connectivity index (χ0n) is 17.6. The standard InChI is InChI=1S/C22H21FN2O6S/c1-11(2)22(30)10-31-15-9-14(23)12(4-5-21(29)6-7-25(3)20(21)28)8-13(15)16-17(22)32-18(24-16)19(26)27/h8-9,11,29-30H,6-7,10H2,1-3H3,(H,26,27)/t21-,22?/m0/s1. The highest BCUT2D eigenvalue weighted by atomic mass is 32.1. The van der Waals surface area contributed by atoms with Gasteiger partial charge >= 0.3 is 5.97 Å². The number of carboxylic acid groups (broad SMARTS) is 1. The van der Waals surface area contributed by atoms with Crippen LogP contribution >= 0.6 is 11.3 Å². The summed E-state index contributed by atoms with van der Waals surface area (Å²) in [6.45, 7) is 3.64. The van der Waals surface area contributed by atoms with E-state index in [1.807, 2.05) is 0 Å². The number of aliphatic hydroxyl groups is 2. The zero-order valence-corrected chi connectivity index (χ0v) is 18.4. The van der Waals surface area contributed by atoms with E-state index in [1.54, 1.807) is 20.9 Å². The minimum Gasteiger partial charge on any atom is -0.489 e. The summed E-state index contributed by atoms with van der Waals surface area (Å²) in [6.07, 6.45) is 0.102. The number of benzene rings is 1. The van der Waals surface area contributed by atoms with Gasteiger partial charge in [-0.15, -0.1) is 11.3 Å². The third kappa shape index (κ3) is 3.43. The van der Waals surface area contributed by atoms with Crippen LogP contribution in [0, 0.1) is 23.6 Å². The molecule has 2 aliphatic heterocycles. The Morgan fingerprint density at radius 2 is 2.09 bits per heavy atom. The van der Waals surface area contributed by atoms with Crippen molar-refractivity contribution in [1.29, 1.82) is 0 Å². The number of nitrogens with zero attached hydrogens (tertiary/aromatic N) is 2. The van der Waals surface area contributed by atoms with Crippen molar-refractivity contribution in [1.82, 2.24) is 9.88 Å². The maximum atomic E-state index is 14.8. The molecule has 0 radical (unpaired) electrons. The van der Waals surface area contributed by atoms with Gasteiger partial charge in [0, 0.05) is 31.6 Å². The van der Waals surface area contributed by atoms with Crippen molar-refractivity contribution < 1.29 is 34.0 Å². The second-order valence-corrected chi connectivity index (χ2v) is 9.28. The fourth-order valence-corrected chi connectivity index (χ4v) is 4.81. The number of aromatic nitrogens is 1. The Hall–Kier alpha value is -3.00. The number of fused-ring (bicyclic) bond motifs is 3. The molecule has 1 aromatic heterocycles. The lowest BCUT2D eigenvalue weighted by atomic mass is 9.88. The molecule has 168 valence electrons. The van der Waals surface area contributed by atoms with E-state index in [9.17, 15) is 29.3 Å². The summed E-state index contributed by atoms with van der Waals surface area (Å²) < 4.78 is 20.5. The summed E-state index contributed by atoms with van der Waals surface area (Å²) in [6, 6.07) is 2.42. The first kappa shape index (κ1) is 22.2. The maximum absolute atomic E-state index is 14.8. The minimum atomic E-state index is -1.90. The average Bonchev–Trinajstić information content (AvgIpc) is 3.26. The molecular weight excluding hydrogens is 439 g/mol. The topological polar surface area (TPSA) is 120 Å². The molecule has 2 aliphatic rings. The van der Waals surface area contributed by atoms with Crippen LogP contribution in [-0.4, -0.2) is 62.9 Å². The number of hydrogen-bond donors (Lipinski definition) is 3. The maximum Gasteiger partial charge on any atom is 0.365 e. The highest BCUT2D eigenvalue weighted by Gasteiger charge is 2.44. The molecule has 10 heteroatoms. The molecule has 0 aliphatic carbocycles. The van der Waals surface area contributed by atoms with E-state index in [0.29, 0.717) is 11.4 Å².